The van der Waals surface area contributed by atoms with Crippen LogP contribution in [0.1, 0.15) is 36.1 Å². The summed E-state index contributed by atoms with van der Waals surface area (Å²) in [6.07, 6.45) is 0.0912. The highest BCUT2D eigenvalue weighted by atomic mass is 16.3. The highest BCUT2D eigenvalue weighted by molar-refractivity contribution is 5.43. The van der Waals surface area contributed by atoms with E-state index in [0.717, 1.165) is 16.7 Å². The van der Waals surface area contributed by atoms with E-state index in [-0.39, 0.29) is 6.04 Å². The Morgan fingerprint density at radius 3 is 2.13 bits per heavy atom. The van der Waals surface area contributed by atoms with Crippen molar-refractivity contribution < 1.29 is 10.2 Å². The van der Waals surface area contributed by atoms with Crippen molar-refractivity contribution in [3.63, 3.8) is 0 Å². The van der Waals surface area contributed by atoms with Crippen molar-refractivity contribution in [1.29, 1.82) is 0 Å². The zero-order valence-corrected chi connectivity index (χ0v) is 9.49. The summed E-state index contributed by atoms with van der Waals surface area (Å²) in [5.41, 5.74) is 8.37. The van der Waals surface area contributed by atoms with Crippen molar-refractivity contribution in [3.05, 3.63) is 28.8 Å². The molecule has 1 rings (SSSR count). The zero-order chi connectivity index (χ0) is 11.6. The molecular formula is C12H19NO2. The van der Waals surface area contributed by atoms with E-state index in [4.69, 9.17) is 5.73 Å². The smallest absolute Gasteiger partial charge is 0.121 e. The average molecular weight is 209 g/mol. The van der Waals surface area contributed by atoms with Gasteiger partial charge in [0.25, 0.3) is 0 Å². The van der Waals surface area contributed by atoms with Gasteiger partial charge >= 0.3 is 0 Å². The number of aromatic hydroxyl groups is 1. The Bertz CT molecular complexity index is 326. The van der Waals surface area contributed by atoms with Gasteiger partial charge in [0.2, 0.25) is 0 Å². The Labute approximate surface area is 90.5 Å². The van der Waals surface area contributed by atoms with Crippen molar-refractivity contribution in [2.75, 3.05) is 0 Å². The molecule has 4 N–H and O–H groups in total. The lowest BCUT2D eigenvalue weighted by Crippen LogP contribution is -2.25. The van der Waals surface area contributed by atoms with Gasteiger partial charge in [-0.25, -0.2) is 0 Å². The summed E-state index contributed by atoms with van der Waals surface area (Å²) in [4.78, 5) is 0. The molecule has 0 radical (unpaired) electrons. The Kier molecular flexibility index (Phi) is 3.72. The molecule has 84 valence electrons. The highest BCUT2D eigenvalue weighted by Crippen LogP contribution is 2.26. The van der Waals surface area contributed by atoms with E-state index in [1.807, 2.05) is 32.9 Å². The molecule has 0 amide bonds. The quantitative estimate of drug-likeness (QED) is 0.711. The van der Waals surface area contributed by atoms with Crippen LogP contribution in [-0.4, -0.2) is 16.3 Å². The summed E-state index contributed by atoms with van der Waals surface area (Å²) >= 11 is 0. The number of benzene rings is 1. The number of hydrogen-bond acceptors (Lipinski definition) is 3. The van der Waals surface area contributed by atoms with Gasteiger partial charge in [-0.05, 0) is 37.0 Å². The standard InChI is InChI=1S/C12H19NO2/c1-4-10(14)11(13)9-5-7(2)12(15)8(3)6-9/h5-6,10-11,14-15H,4,13H2,1-3H3/t10-,11+/m0/s1. The number of phenolic OH excluding ortho intramolecular Hbond substituents is 1. The van der Waals surface area contributed by atoms with Gasteiger partial charge in [-0.1, -0.05) is 19.1 Å². The predicted octanol–water partition coefficient (Wildman–Crippen LogP) is 1.78. The minimum absolute atomic E-state index is 0.303. The first-order chi connectivity index (χ1) is 6.97. The first-order valence-corrected chi connectivity index (χ1v) is 5.21. The molecule has 15 heavy (non-hydrogen) atoms. The minimum atomic E-state index is -0.534. The van der Waals surface area contributed by atoms with Crippen LogP contribution >= 0.6 is 0 Å². The number of rotatable bonds is 3. The largest absolute Gasteiger partial charge is 0.507 e. The molecule has 1 aromatic rings. The molecule has 2 atom stereocenters. The molecule has 3 heteroatoms. The van der Waals surface area contributed by atoms with Gasteiger partial charge in [0.15, 0.2) is 0 Å². The van der Waals surface area contributed by atoms with Gasteiger partial charge in [-0.3, -0.25) is 0 Å². The van der Waals surface area contributed by atoms with E-state index in [1.54, 1.807) is 0 Å². The monoisotopic (exact) mass is 209 g/mol. The maximum absolute atomic E-state index is 9.64. The molecule has 0 aliphatic heterocycles. The van der Waals surface area contributed by atoms with Crippen molar-refractivity contribution in [2.24, 2.45) is 5.73 Å². The van der Waals surface area contributed by atoms with E-state index in [1.165, 1.54) is 0 Å². The number of hydrogen-bond donors (Lipinski definition) is 3. The van der Waals surface area contributed by atoms with Gasteiger partial charge in [0.05, 0.1) is 12.1 Å². The van der Waals surface area contributed by atoms with Crippen molar-refractivity contribution in [2.45, 2.75) is 39.3 Å². The highest BCUT2D eigenvalue weighted by Gasteiger charge is 2.16. The third-order valence-electron chi connectivity index (χ3n) is 2.73. The summed E-state index contributed by atoms with van der Waals surface area (Å²) in [6, 6.07) is 3.27. The fourth-order valence-electron chi connectivity index (χ4n) is 1.66. The van der Waals surface area contributed by atoms with Gasteiger partial charge in [-0.2, -0.15) is 0 Å². The van der Waals surface area contributed by atoms with Crippen LogP contribution in [0.3, 0.4) is 0 Å². The Hall–Kier alpha value is -1.06. The lowest BCUT2D eigenvalue weighted by molar-refractivity contribution is 0.140. The van der Waals surface area contributed by atoms with Crippen LogP contribution in [0.2, 0.25) is 0 Å². The molecule has 3 nitrogen and oxygen atoms in total. The van der Waals surface area contributed by atoms with Crippen molar-refractivity contribution >= 4 is 0 Å². The molecule has 0 aliphatic carbocycles. The molecule has 0 bridgehead atoms. The molecule has 0 unspecified atom stereocenters. The van der Waals surface area contributed by atoms with E-state index in [0.29, 0.717) is 12.2 Å². The summed E-state index contributed by atoms with van der Waals surface area (Å²) in [6.45, 7) is 5.55. The fraction of sp³-hybridized carbons (Fsp3) is 0.500. The first-order valence-electron chi connectivity index (χ1n) is 5.21. The van der Waals surface area contributed by atoms with Crippen molar-refractivity contribution in [3.8, 4) is 5.75 Å². The first kappa shape index (κ1) is 12.0. The molecule has 1 aromatic carbocycles. The Balaban J connectivity index is 3.06. The van der Waals surface area contributed by atoms with E-state index < -0.39 is 6.10 Å². The second-order valence-electron chi connectivity index (χ2n) is 4.00. The molecule has 0 aliphatic rings. The SMILES string of the molecule is CC[C@H](O)[C@H](N)c1cc(C)c(O)c(C)c1. The summed E-state index contributed by atoms with van der Waals surface area (Å²) in [5, 5.41) is 19.2. The number of phenols is 1. The van der Waals surface area contributed by atoms with Crippen LogP contribution in [0.25, 0.3) is 0 Å². The van der Waals surface area contributed by atoms with Crippen molar-refractivity contribution in [1.82, 2.24) is 0 Å². The van der Waals surface area contributed by atoms with Gasteiger partial charge in [-0.15, -0.1) is 0 Å². The van der Waals surface area contributed by atoms with Crippen LogP contribution in [-0.2, 0) is 0 Å². The second kappa shape index (κ2) is 4.64. The molecule has 0 aromatic heterocycles. The third-order valence-corrected chi connectivity index (χ3v) is 2.73. The Morgan fingerprint density at radius 2 is 1.73 bits per heavy atom. The van der Waals surface area contributed by atoms with Gasteiger partial charge < -0.3 is 15.9 Å². The summed E-state index contributed by atoms with van der Waals surface area (Å²) in [5.74, 6) is 0.303. The van der Waals surface area contributed by atoms with E-state index in [9.17, 15) is 10.2 Å². The second-order valence-corrected chi connectivity index (χ2v) is 4.00. The number of nitrogens with two attached hydrogens (primary N) is 1. The molecule has 0 heterocycles. The van der Waals surface area contributed by atoms with Gasteiger partial charge in [0.1, 0.15) is 5.75 Å². The minimum Gasteiger partial charge on any atom is -0.507 e. The lowest BCUT2D eigenvalue weighted by Gasteiger charge is -2.19. The van der Waals surface area contributed by atoms with Crippen LogP contribution in [0.4, 0.5) is 0 Å². The molecule has 0 saturated heterocycles. The maximum atomic E-state index is 9.64. The Morgan fingerprint density at radius 1 is 1.27 bits per heavy atom. The van der Waals surface area contributed by atoms with Crippen LogP contribution in [0, 0.1) is 13.8 Å². The maximum Gasteiger partial charge on any atom is 0.121 e. The van der Waals surface area contributed by atoms with E-state index >= 15 is 0 Å². The van der Waals surface area contributed by atoms with Gasteiger partial charge in [0, 0.05) is 0 Å². The molecule has 0 spiro atoms. The van der Waals surface area contributed by atoms with Crippen LogP contribution in [0.5, 0.6) is 5.75 Å². The average Bonchev–Trinajstić information content (AvgIpc) is 2.23. The number of aliphatic hydroxyl groups excluding tert-OH is 1. The van der Waals surface area contributed by atoms with Crippen LogP contribution in [0.15, 0.2) is 12.1 Å². The molecule has 0 fully saturated rings. The summed E-state index contributed by atoms with van der Waals surface area (Å²) in [7, 11) is 0. The predicted molar refractivity (Wildman–Crippen MR) is 60.8 cm³/mol. The molecule has 0 saturated carbocycles. The zero-order valence-electron chi connectivity index (χ0n) is 9.49. The lowest BCUT2D eigenvalue weighted by atomic mass is 9.96. The third kappa shape index (κ3) is 2.49. The summed E-state index contributed by atoms with van der Waals surface area (Å²) < 4.78 is 0. The number of aryl methyl sites for hydroxylation is 2. The normalized spacial score (nSPS) is 15.0. The topological polar surface area (TPSA) is 66.5 Å². The fourth-order valence-corrected chi connectivity index (χ4v) is 1.66. The van der Waals surface area contributed by atoms with E-state index in [2.05, 4.69) is 0 Å². The van der Waals surface area contributed by atoms with Crippen LogP contribution < -0.4 is 5.73 Å². The number of aliphatic hydroxyl groups is 1. The molecular weight excluding hydrogens is 190 g/mol.